The van der Waals surface area contributed by atoms with Crippen molar-refractivity contribution in [2.75, 3.05) is 0 Å². The van der Waals surface area contributed by atoms with Crippen LogP contribution in [0.5, 0.6) is 11.5 Å². The molecule has 0 aliphatic rings. The average Bonchev–Trinajstić information content (AvgIpc) is 2.89. The number of phenolic OH excluding ortho intramolecular Hbond substituents is 1. The van der Waals surface area contributed by atoms with Crippen molar-refractivity contribution in [3.8, 4) is 11.5 Å². The molecule has 257 valence electrons. The van der Waals surface area contributed by atoms with Crippen molar-refractivity contribution in [2.24, 2.45) is 0 Å². The fourth-order valence-corrected chi connectivity index (χ4v) is 3.58. The Labute approximate surface area is 292 Å². The molecule has 0 saturated heterocycles. The summed E-state index contributed by atoms with van der Waals surface area (Å²) in [6.45, 7) is 0. The van der Waals surface area contributed by atoms with Gasteiger partial charge in [0, 0.05) is 63.0 Å². The summed E-state index contributed by atoms with van der Waals surface area (Å²) in [6, 6.07) is 5.17. The third-order valence-corrected chi connectivity index (χ3v) is 5.48. The highest BCUT2D eigenvalue weighted by Gasteiger charge is 2.22. The third kappa shape index (κ3) is 14.0. The molecule has 0 aliphatic heterocycles. The van der Waals surface area contributed by atoms with Gasteiger partial charge < -0.3 is 14.9 Å². The molecule has 0 aliphatic carbocycles. The highest BCUT2D eigenvalue weighted by atomic mass is 79.9. The van der Waals surface area contributed by atoms with E-state index in [1.165, 1.54) is 0 Å². The highest BCUT2D eigenvalue weighted by Crippen LogP contribution is 2.24. The summed E-state index contributed by atoms with van der Waals surface area (Å²) >= 11 is 5.64. The number of benzene rings is 4. The lowest BCUT2D eigenvalue weighted by Crippen LogP contribution is -2.13. The molecule has 0 heterocycles. The smallest absolute Gasteiger partial charge is 0.349 e. The van der Waals surface area contributed by atoms with Crippen LogP contribution >= 0.6 is 53.2 Å². The number of rotatable bonds is 3. The second kappa shape index (κ2) is 20.2. The zero-order valence-electron chi connectivity index (χ0n) is 22.4. The van der Waals surface area contributed by atoms with E-state index in [2.05, 4.69) is 58.0 Å². The first kappa shape index (κ1) is 44.7. The van der Waals surface area contributed by atoms with Gasteiger partial charge in [0.05, 0.1) is 0 Å². The number of hydrogen-bond acceptors (Lipinski definition) is 5. The van der Waals surface area contributed by atoms with Gasteiger partial charge in [-0.25, -0.2) is 57.7 Å². The molecule has 0 aromatic heterocycles. The van der Waals surface area contributed by atoms with Crippen LogP contribution in [0.3, 0.4) is 0 Å². The minimum absolute atomic E-state index is 0. The highest BCUT2D eigenvalue weighted by molar-refractivity contribution is 9.10. The number of aromatic hydroxyl groups is 1. The van der Waals surface area contributed by atoms with Crippen molar-refractivity contribution in [2.45, 2.75) is 0 Å². The van der Waals surface area contributed by atoms with E-state index in [0.29, 0.717) is 24.3 Å². The maximum absolute atomic E-state index is 13.5. The van der Waals surface area contributed by atoms with Crippen LogP contribution in [0.4, 0.5) is 43.9 Å². The molecule has 0 saturated carbocycles. The second-order valence-electron chi connectivity index (χ2n) is 7.79. The molecule has 2 N–H and O–H groups in total. The number of carbonyl (C=O) groups excluding carboxylic acids is 1. The van der Waals surface area contributed by atoms with Crippen LogP contribution in [0.25, 0.3) is 0 Å². The van der Waals surface area contributed by atoms with E-state index in [-0.39, 0.29) is 17.4 Å². The fourth-order valence-electron chi connectivity index (χ4n) is 2.78. The zero-order valence-corrected chi connectivity index (χ0v) is 27.9. The van der Waals surface area contributed by atoms with Crippen LogP contribution < -0.4 is 4.74 Å². The Kier molecular flexibility index (Phi) is 18.8. The lowest BCUT2D eigenvalue weighted by Gasteiger charge is -2.07. The first-order valence-electron chi connectivity index (χ1n) is 11.1. The van der Waals surface area contributed by atoms with Gasteiger partial charge in [-0.1, -0.05) is 31.9 Å². The number of aromatic carboxylic acids is 1. The Morgan fingerprint density at radius 3 is 1.21 bits per heavy atom. The number of halogens is 14. The first-order valence-corrected chi connectivity index (χ1v) is 15.5. The largest absolute Gasteiger partial charge is 0.508 e. The number of ether oxygens (including phenoxy) is 1. The van der Waals surface area contributed by atoms with E-state index in [1.54, 1.807) is 0 Å². The Morgan fingerprint density at radius 1 is 0.604 bits per heavy atom. The molecule has 4 aromatic carbocycles. The molecule has 0 spiro atoms. The van der Waals surface area contributed by atoms with Gasteiger partial charge in [-0.2, -0.15) is 0 Å². The van der Waals surface area contributed by atoms with E-state index in [0.717, 1.165) is 24.3 Å². The summed E-state index contributed by atoms with van der Waals surface area (Å²) in [6.07, 6.45) is 0. The average molecular weight is 882 g/mol. The van der Waals surface area contributed by atoms with Crippen LogP contribution in [-0.2, 0) is 9.23 Å². The van der Waals surface area contributed by atoms with Crippen molar-refractivity contribution >= 4 is 82.8 Å². The zero-order chi connectivity index (χ0) is 36.3. The van der Waals surface area contributed by atoms with Gasteiger partial charge in [0.1, 0.15) is 45.9 Å². The number of carbonyl (C=O) groups is 2. The van der Waals surface area contributed by atoms with Gasteiger partial charge in [0.25, 0.3) is 0 Å². The van der Waals surface area contributed by atoms with Crippen molar-refractivity contribution in [3.05, 3.63) is 127 Å². The summed E-state index contributed by atoms with van der Waals surface area (Å²) in [5, 5.41) is 16.8. The minimum atomic E-state index is -1.75. The summed E-state index contributed by atoms with van der Waals surface area (Å²) in [5.41, 5.74) is -1.97. The SMILES string of the molecule is O=C(O)c1c(F)cc(Br)cc1F.O=C(Oc1cc(F)c(F)c(F)c1)c1c(F)cc(Br)cc1F.O=S(Cl)Cl.Oc1cc(F)c(F)c(F)c1.[B]. The van der Waals surface area contributed by atoms with E-state index in [4.69, 9.17) is 14.4 Å². The van der Waals surface area contributed by atoms with Crippen molar-refractivity contribution < 1.29 is 72.7 Å². The normalized spacial score (nSPS) is 9.90. The molecule has 0 amide bonds. The van der Waals surface area contributed by atoms with Crippen LogP contribution in [-0.4, -0.2) is 34.8 Å². The number of carboxylic acids is 1. The maximum atomic E-state index is 13.5. The molecule has 3 radical (unpaired) electrons. The summed E-state index contributed by atoms with van der Waals surface area (Å²) < 4.78 is 141. The molecular formula is C26H10BBr2Cl2F10O6S. The van der Waals surface area contributed by atoms with Crippen molar-refractivity contribution in [1.82, 2.24) is 0 Å². The molecular weight excluding hydrogens is 872 g/mol. The van der Waals surface area contributed by atoms with E-state index < -0.39 is 102 Å². The molecule has 6 nitrogen and oxygen atoms in total. The van der Waals surface area contributed by atoms with Crippen molar-refractivity contribution in [1.29, 1.82) is 0 Å². The molecule has 0 unspecified atom stereocenters. The quantitative estimate of drug-likeness (QED) is 0.0532. The van der Waals surface area contributed by atoms with Gasteiger partial charge in [-0.15, -0.1) is 0 Å². The van der Waals surface area contributed by atoms with Gasteiger partial charge in [0.15, 0.2) is 34.9 Å². The maximum Gasteiger partial charge on any atom is 0.349 e. The Balaban J connectivity index is 0.000000695. The molecule has 22 heteroatoms. The predicted octanol–water partition coefficient (Wildman–Crippen LogP) is 9.26. The fraction of sp³-hybridized carbons (Fsp3) is 0. The van der Waals surface area contributed by atoms with E-state index in [9.17, 15) is 53.5 Å². The predicted molar refractivity (Wildman–Crippen MR) is 160 cm³/mol. The molecule has 0 atom stereocenters. The number of esters is 1. The van der Waals surface area contributed by atoms with Gasteiger partial charge in [-0.05, 0) is 24.3 Å². The van der Waals surface area contributed by atoms with Crippen molar-refractivity contribution in [3.63, 3.8) is 0 Å². The monoisotopic (exact) mass is 879 g/mol. The van der Waals surface area contributed by atoms with Crippen LogP contribution in [0.2, 0.25) is 0 Å². The number of carboxylic acid groups (broad SMARTS) is 1. The van der Waals surface area contributed by atoms with Crippen LogP contribution in [0.15, 0.2) is 57.5 Å². The molecule has 0 bridgehead atoms. The third-order valence-electron chi connectivity index (χ3n) is 4.57. The van der Waals surface area contributed by atoms with Gasteiger partial charge in [-0.3, -0.25) is 0 Å². The first-order chi connectivity index (χ1) is 21.7. The molecule has 0 fully saturated rings. The lowest BCUT2D eigenvalue weighted by molar-refractivity contribution is 0.0683. The molecule has 48 heavy (non-hydrogen) atoms. The standard InChI is InChI=1S/C13H4BrF5O2.C7H3BrF2O2.C6H3F3O.B.Cl2OS/c14-5-1-7(15)11(8(16)2-5)13(20)21-6-3-9(17)12(19)10(18)4-6;8-3-1-4(9)6(7(11)12)5(10)2-3;7-4-1-3(10)2-5(8)6(4)9;;1-4(2)3/h1-4H;1-2H,(H,11,12);1-2,10H;;. The topological polar surface area (TPSA) is 101 Å². The minimum Gasteiger partial charge on any atom is -0.508 e. The Bertz CT molecular complexity index is 1730. The van der Waals surface area contributed by atoms with E-state index >= 15 is 0 Å². The summed E-state index contributed by atoms with van der Waals surface area (Å²) in [7, 11) is 7.36. The number of phenols is 1. The second-order valence-corrected chi connectivity index (χ2v) is 12.1. The molecule has 4 aromatic rings. The Hall–Kier alpha value is -3.33. The van der Waals surface area contributed by atoms with E-state index in [1.807, 2.05) is 0 Å². The van der Waals surface area contributed by atoms with Crippen LogP contribution in [0.1, 0.15) is 20.7 Å². The lowest BCUT2D eigenvalue weighted by atomic mass is 10.2. The van der Waals surface area contributed by atoms with Gasteiger partial charge >= 0.3 is 11.9 Å². The summed E-state index contributed by atoms with van der Waals surface area (Å²) in [5.74, 6) is -18.4. The Morgan fingerprint density at radius 2 is 0.896 bits per heavy atom. The summed E-state index contributed by atoms with van der Waals surface area (Å²) in [4.78, 5) is 21.9. The van der Waals surface area contributed by atoms with Gasteiger partial charge in [0.2, 0.25) is 9.23 Å². The molecule has 4 rings (SSSR count). The number of hydrogen-bond donors (Lipinski definition) is 2. The van der Waals surface area contributed by atoms with Crippen LogP contribution in [0, 0.1) is 58.2 Å².